The molecule has 0 spiro atoms. The zero-order chi connectivity index (χ0) is 13.8. The molecule has 0 atom stereocenters. The number of anilines is 1. The highest BCUT2D eigenvalue weighted by Crippen LogP contribution is 2.27. The number of rotatable bonds is 3. The lowest BCUT2D eigenvalue weighted by Crippen LogP contribution is -1.89. The van der Waals surface area contributed by atoms with Gasteiger partial charge in [-0.05, 0) is 61.4 Å². The van der Waals surface area contributed by atoms with E-state index in [2.05, 4.69) is 10.2 Å². The molecule has 2 aromatic carbocycles. The Morgan fingerprint density at radius 3 is 2.26 bits per heavy atom. The van der Waals surface area contributed by atoms with Crippen molar-refractivity contribution < 1.29 is 4.74 Å². The van der Waals surface area contributed by atoms with Crippen LogP contribution in [-0.4, -0.2) is 7.11 Å². The largest absolute Gasteiger partial charge is 0.497 e. The van der Waals surface area contributed by atoms with Gasteiger partial charge in [-0.3, -0.25) is 0 Å². The molecule has 0 saturated heterocycles. The van der Waals surface area contributed by atoms with Crippen molar-refractivity contribution in [2.45, 2.75) is 13.8 Å². The van der Waals surface area contributed by atoms with Gasteiger partial charge in [0, 0.05) is 5.69 Å². The van der Waals surface area contributed by atoms with Crippen molar-refractivity contribution in [2.75, 3.05) is 12.8 Å². The maximum atomic E-state index is 5.84. The van der Waals surface area contributed by atoms with Gasteiger partial charge in [-0.15, -0.1) is 0 Å². The lowest BCUT2D eigenvalue weighted by atomic mass is 10.1. The van der Waals surface area contributed by atoms with Gasteiger partial charge in [0.15, 0.2) is 0 Å². The van der Waals surface area contributed by atoms with Crippen LogP contribution in [0.25, 0.3) is 0 Å². The van der Waals surface area contributed by atoms with E-state index in [1.165, 1.54) is 0 Å². The van der Waals surface area contributed by atoms with Gasteiger partial charge in [0.25, 0.3) is 0 Å². The van der Waals surface area contributed by atoms with E-state index in [1.54, 1.807) is 7.11 Å². The number of nitrogens with zero attached hydrogens (tertiary/aromatic N) is 2. The van der Waals surface area contributed by atoms with Gasteiger partial charge in [-0.25, -0.2) is 0 Å². The lowest BCUT2D eigenvalue weighted by molar-refractivity contribution is 0.415. The zero-order valence-corrected chi connectivity index (χ0v) is 11.3. The van der Waals surface area contributed by atoms with Crippen LogP contribution in [0, 0.1) is 13.8 Å². The molecule has 0 aliphatic carbocycles. The molecular formula is C15H17N3O. The van der Waals surface area contributed by atoms with Crippen LogP contribution in [0.5, 0.6) is 5.75 Å². The molecule has 4 nitrogen and oxygen atoms in total. The number of nitrogen functional groups attached to an aromatic ring is 1. The Bertz CT molecular complexity index is 604. The molecule has 2 rings (SSSR count). The minimum absolute atomic E-state index is 0.779. The summed E-state index contributed by atoms with van der Waals surface area (Å²) in [6.07, 6.45) is 0. The molecule has 0 fully saturated rings. The summed E-state index contributed by atoms with van der Waals surface area (Å²) in [5.74, 6) is 0.804. The molecule has 0 aromatic heterocycles. The average Bonchev–Trinajstić information content (AvgIpc) is 2.42. The minimum Gasteiger partial charge on any atom is -0.497 e. The highest BCUT2D eigenvalue weighted by molar-refractivity contribution is 5.59. The average molecular weight is 255 g/mol. The number of hydrogen-bond donors (Lipinski definition) is 1. The second-order valence-corrected chi connectivity index (χ2v) is 4.39. The Kier molecular flexibility index (Phi) is 3.80. The third-order valence-electron chi connectivity index (χ3n) is 2.93. The summed E-state index contributed by atoms with van der Waals surface area (Å²) in [4.78, 5) is 0. The summed E-state index contributed by atoms with van der Waals surface area (Å²) in [6.45, 7) is 3.93. The molecule has 0 bridgehead atoms. The van der Waals surface area contributed by atoms with Gasteiger partial charge in [-0.2, -0.15) is 10.2 Å². The van der Waals surface area contributed by atoms with Crippen LogP contribution in [0.4, 0.5) is 17.1 Å². The monoisotopic (exact) mass is 255 g/mol. The minimum atomic E-state index is 0.779. The molecule has 2 N–H and O–H groups in total. The van der Waals surface area contributed by atoms with E-state index in [9.17, 15) is 0 Å². The number of benzene rings is 2. The Morgan fingerprint density at radius 1 is 0.947 bits per heavy atom. The van der Waals surface area contributed by atoms with E-state index in [4.69, 9.17) is 10.5 Å². The van der Waals surface area contributed by atoms with Crippen LogP contribution in [-0.2, 0) is 0 Å². The van der Waals surface area contributed by atoms with Crippen molar-refractivity contribution in [2.24, 2.45) is 10.2 Å². The first-order chi connectivity index (χ1) is 9.10. The summed E-state index contributed by atoms with van der Waals surface area (Å²) in [6, 6.07) is 11.3. The Labute approximate surface area is 112 Å². The van der Waals surface area contributed by atoms with Crippen LogP contribution >= 0.6 is 0 Å². The van der Waals surface area contributed by atoms with Gasteiger partial charge < -0.3 is 10.5 Å². The second-order valence-electron chi connectivity index (χ2n) is 4.39. The molecule has 0 unspecified atom stereocenters. The topological polar surface area (TPSA) is 60.0 Å². The van der Waals surface area contributed by atoms with Crippen molar-refractivity contribution in [1.29, 1.82) is 0 Å². The van der Waals surface area contributed by atoms with E-state index < -0.39 is 0 Å². The highest BCUT2D eigenvalue weighted by Gasteiger charge is 2.01. The molecule has 2 aromatic rings. The molecule has 19 heavy (non-hydrogen) atoms. The van der Waals surface area contributed by atoms with Crippen molar-refractivity contribution in [3.05, 3.63) is 47.5 Å². The lowest BCUT2D eigenvalue weighted by Gasteiger charge is -2.04. The predicted octanol–water partition coefficient (Wildman–Crippen LogP) is 4.31. The highest BCUT2D eigenvalue weighted by atomic mass is 16.5. The van der Waals surface area contributed by atoms with Gasteiger partial charge in [0.05, 0.1) is 18.5 Å². The third-order valence-corrected chi connectivity index (χ3v) is 2.93. The molecule has 0 aliphatic rings. The van der Waals surface area contributed by atoms with Gasteiger partial charge in [0.2, 0.25) is 0 Å². The number of hydrogen-bond acceptors (Lipinski definition) is 4. The number of methoxy groups -OCH3 is 1. The Morgan fingerprint density at radius 2 is 1.63 bits per heavy atom. The van der Waals surface area contributed by atoms with Crippen LogP contribution in [0.2, 0.25) is 0 Å². The molecule has 0 radical (unpaired) electrons. The van der Waals surface area contributed by atoms with Crippen LogP contribution in [0.15, 0.2) is 46.6 Å². The molecule has 0 saturated carbocycles. The molecule has 4 heteroatoms. The summed E-state index contributed by atoms with van der Waals surface area (Å²) >= 11 is 0. The normalized spacial score (nSPS) is 10.9. The van der Waals surface area contributed by atoms with Crippen LogP contribution in [0.1, 0.15) is 11.1 Å². The van der Waals surface area contributed by atoms with Crippen LogP contribution in [0.3, 0.4) is 0 Å². The van der Waals surface area contributed by atoms with E-state index in [0.717, 1.165) is 33.9 Å². The first kappa shape index (κ1) is 13.1. The smallest absolute Gasteiger partial charge is 0.119 e. The molecule has 0 aliphatic heterocycles. The van der Waals surface area contributed by atoms with E-state index >= 15 is 0 Å². The Hall–Kier alpha value is -2.36. The summed E-state index contributed by atoms with van der Waals surface area (Å²) in [5.41, 5.74) is 10.3. The fourth-order valence-corrected chi connectivity index (χ4v) is 1.69. The molecular weight excluding hydrogens is 238 g/mol. The number of ether oxygens (including phenoxy) is 1. The van der Waals surface area contributed by atoms with E-state index in [1.807, 2.05) is 50.2 Å². The van der Waals surface area contributed by atoms with Gasteiger partial charge >= 0.3 is 0 Å². The second kappa shape index (κ2) is 5.52. The predicted molar refractivity (Wildman–Crippen MR) is 77.5 cm³/mol. The maximum Gasteiger partial charge on any atom is 0.119 e. The van der Waals surface area contributed by atoms with E-state index in [0.29, 0.717) is 0 Å². The third kappa shape index (κ3) is 3.10. The Balaban J connectivity index is 2.24. The van der Waals surface area contributed by atoms with Gasteiger partial charge in [-0.1, -0.05) is 0 Å². The van der Waals surface area contributed by atoms with Gasteiger partial charge in [0.1, 0.15) is 5.75 Å². The molecule has 0 heterocycles. The number of nitrogens with two attached hydrogens (primary N) is 1. The van der Waals surface area contributed by atoms with Crippen molar-refractivity contribution in [3.63, 3.8) is 0 Å². The van der Waals surface area contributed by atoms with Crippen LogP contribution < -0.4 is 10.5 Å². The summed E-state index contributed by atoms with van der Waals surface area (Å²) in [5, 5.41) is 8.47. The standard InChI is InChI=1S/C15H17N3O/c1-10-9-15(11(2)8-14(10)16)18-17-12-4-6-13(19-3)7-5-12/h4-9H,16H2,1-3H3. The number of aryl methyl sites for hydroxylation is 2. The summed E-state index contributed by atoms with van der Waals surface area (Å²) < 4.78 is 5.09. The first-order valence-electron chi connectivity index (χ1n) is 6.02. The molecule has 98 valence electrons. The first-order valence-corrected chi connectivity index (χ1v) is 6.02. The molecule has 0 amide bonds. The van der Waals surface area contributed by atoms with Crippen molar-refractivity contribution >= 4 is 17.1 Å². The zero-order valence-electron chi connectivity index (χ0n) is 11.3. The fraction of sp³-hybridized carbons (Fsp3) is 0.200. The maximum absolute atomic E-state index is 5.84. The van der Waals surface area contributed by atoms with Crippen molar-refractivity contribution in [1.82, 2.24) is 0 Å². The van der Waals surface area contributed by atoms with Crippen molar-refractivity contribution in [3.8, 4) is 5.75 Å². The fourth-order valence-electron chi connectivity index (χ4n) is 1.69. The summed E-state index contributed by atoms with van der Waals surface area (Å²) in [7, 11) is 1.64. The van der Waals surface area contributed by atoms with E-state index in [-0.39, 0.29) is 0 Å². The SMILES string of the molecule is COc1ccc(N=Nc2cc(C)c(N)cc2C)cc1. The number of azo groups is 1. The quantitative estimate of drug-likeness (QED) is 0.656.